The van der Waals surface area contributed by atoms with Crippen LogP contribution in [0, 0.1) is 0 Å². The van der Waals surface area contributed by atoms with Crippen LogP contribution in [0.3, 0.4) is 0 Å². The molecule has 3 heterocycles. The van der Waals surface area contributed by atoms with Crippen molar-refractivity contribution in [1.29, 1.82) is 0 Å². The van der Waals surface area contributed by atoms with E-state index in [0.717, 1.165) is 17.1 Å². The molecule has 1 saturated heterocycles. The lowest BCUT2D eigenvalue weighted by Gasteiger charge is -2.35. The molecule has 1 fully saturated rings. The maximum absolute atomic E-state index is 12.3. The van der Waals surface area contributed by atoms with E-state index in [4.69, 9.17) is 18.6 Å². The van der Waals surface area contributed by atoms with Gasteiger partial charge in [0.2, 0.25) is 5.82 Å². The minimum absolute atomic E-state index is 0.271. The average Bonchev–Trinajstić information content (AvgIpc) is 3.24. The molecule has 1 aliphatic rings. The van der Waals surface area contributed by atoms with Crippen molar-refractivity contribution in [3.63, 3.8) is 0 Å². The van der Waals surface area contributed by atoms with Gasteiger partial charge in [-0.1, -0.05) is 0 Å². The fourth-order valence-electron chi connectivity index (χ4n) is 3.32. The van der Waals surface area contributed by atoms with Crippen LogP contribution in [-0.4, -0.2) is 64.7 Å². The maximum Gasteiger partial charge on any atom is 0.410 e. The molecular weight excluding hydrogens is 448 g/mol. The first kappa shape index (κ1) is 22.8. The first-order valence-corrected chi connectivity index (χ1v) is 11.4. The minimum atomic E-state index is -0.517. The standard InChI is InChI=1S/C22H26N4O6S/c1-22(2,3)32-21(28)26-10-8-25(9-11-26)19-20(24-33-23-19)30-13-12-29-16-6-4-15-5-7-18(27)31-17(15)14-16/h4-7,14H,8-13H2,1-3H3. The smallest absolute Gasteiger partial charge is 0.410 e. The number of rotatable bonds is 6. The topological polar surface area (TPSA) is 107 Å². The van der Waals surface area contributed by atoms with Crippen molar-refractivity contribution in [2.75, 3.05) is 44.3 Å². The molecule has 3 aromatic rings. The molecule has 11 heteroatoms. The summed E-state index contributed by atoms with van der Waals surface area (Å²) in [5.74, 6) is 1.69. The van der Waals surface area contributed by atoms with Gasteiger partial charge in [0.25, 0.3) is 5.88 Å². The monoisotopic (exact) mass is 474 g/mol. The quantitative estimate of drug-likeness (QED) is 0.393. The molecule has 1 aliphatic heterocycles. The summed E-state index contributed by atoms with van der Waals surface area (Å²) in [4.78, 5) is 27.4. The van der Waals surface area contributed by atoms with E-state index in [1.165, 1.54) is 6.07 Å². The summed E-state index contributed by atoms with van der Waals surface area (Å²) in [5.41, 5.74) is -0.451. The van der Waals surface area contributed by atoms with Crippen LogP contribution >= 0.6 is 11.7 Å². The lowest BCUT2D eigenvalue weighted by Crippen LogP contribution is -2.50. The molecule has 2 aromatic heterocycles. The molecule has 0 atom stereocenters. The third-order valence-electron chi connectivity index (χ3n) is 4.86. The Kier molecular flexibility index (Phi) is 6.68. The fraction of sp³-hybridized carbons (Fsp3) is 0.455. The molecular formula is C22H26N4O6S. The van der Waals surface area contributed by atoms with E-state index >= 15 is 0 Å². The molecule has 0 aliphatic carbocycles. The second-order valence-electron chi connectivity index (χ2n) is 8.50. The number of carbonyl (C=O) groups is 1. The van der Waals surface area contributed by atoms with Crippen molar-refractivity contribution >= 4 is 34.6 Å². The van der Waals surface area contributed by atoms with Crippen LogP contribution in [-0.2, 0) is 4.74 Å². The Balaban J connectivity index is 1.26. The molecule has 0 radical (unpaired) electrons. The number of fused-ring (bicyclic) bond motifs is 1. The van der Waals surface area contributed by atoms with Gasteiger partial charge < -0.3 is 28.4 Å². The predicted octanol–water partition coefficient (Wildman–Crippen LogP) is 3.16. The number of nitrogens with zero attached hydrogens (tertiary/aromatic N) is 4. The molecule has 1 amide bonds. The van der Waals surface area contributed by atoms with Crippen molar-refractivity contribution < 1.29 is 23.4 Å². The van der Waals surface area contributed by atoms with Crippen LogP contribution in [0.2, 0.25) is 0 Å². The highest BCUT2D eigenvalue weighted by molar-refractivity contribution is 6.99. The summed E-state index contributed by atoms with van der Waals surface area (Å²) in [5, 5.41) is 0.822. The first-order chi connectivity index (χ1) is 15.8. The van der Waals surface area contributed by atoms with E-state index < -0.39 is 11.2 Å². The molecule has 4 rings (SSSR count). The van der Waals surface area contributed by atoms with Crippen molar-refractivity contribution in [1.82, 2.24) is 13.6 Å². The molecule has 33 heavy (non-hydrogen) atoms. The Labute approximate surface area is 195 Å². The van der Waals surface area contributed by atoms with Crippen molar-refractivity contribution in [3.05, 3.63) is 40.8 Å². The Morgan fingerprint density at radius 3 is 2.55 bits per heavy atom. The number of hydrogen-bond acceptors (Lipinski definition) is 10. The lowest BCUT2D eigenvalue weighted by molar-refractivity contribution is 0.0240. The summed E-state index contributed by atoms with van der Waals surface area (Å²) in [6.07, 6.45) is -0.305. The van der Waals surface area contributed by atoms with Gasteiger partial charge in [-0.2, -0.15) is 4.37 Å². The van der Waals surface area contributed by atoms with Crippen LogP contribution < -0.4 is 20.0 Å². The Bertz CT molecular complexity index is 1160. The molecule has 0 N–H and O–H groups in total. The second kappa shape index (κ2) is 9.65. The van der Waals surface area contributed by atoms with Crippen molar-refractivity contribution in [3.8, 4) is 11.6 Å². The number of hydrogen-bond donors (Lipinski definition) is 0. The summed E-state index contributed by atoms with van der Waals surface area (Å²) < 4.78 is 30.7. The van der Waals surface area contributed by atoms with Gasteiger partial charge in [-0.15, -0.1) is 4.37 Å². The average molecular weight is 475 g/mol. The molecule has 176 valence electrons. The van der Waals surface area contributed by atoms with Crippen molar-refractivity contribution in [2.45, 2.75) is 26.4 Å². The summed E-state index contributed by atoms with van der Waals surface area (Å²) >= 11 is 1.08. The number of amides is 1. The van der Waals surface area contributed by atoms with Crippen LogP contribution in [0.15, 0.2) is 39.5 Å². The number of piperazine rings is 1. The van der Waals surface area contributed by atoms with Gasteiger partial charge in [0.1, 0.15) is 30.1 Å². The normalized spacial score (nSPS) is 14.4. The largest absolute Gasteiger partial charge is 0.490 e. The van der Waals surface area contributed by atoms with Crippen molar-refractivity contribution in [2.24, 2.45) is 0 Å². The third-order valence-corrected chi connectivity index (χ3v) is 5.36. The van der Waals surface area contributed by atoms with Crippen LogP contribution in [0.4, 0.5) is 10.6 Å². The Hall–Kier alpha value is -3.34. The van der Waals surface area contributed by atoms with Gasteiger partial charge in [-0.3, -0.25) is 0 Å². The molecule has 0 spiro atoms. The third kappa shape index (κ3) is 5.92. The SMILES string of the molecule is CC(C)(C)OC(=O)N1CCN(c2nsnc2OCCOc2ccc3ccc(=O)oc3c2)CC1. The highest BCUT2D eigenvalue weighted by Gasteiger charge is 2.28. The van der Waals surface area contributed by atoms with Gasteiger partial charge in [0.15, 0.2) is 0 Å². The fourth-order valence-corrected chi connectivity index (χ4v) is 3.84. The lowest BCUT2D eigenvalue weighted by atomic mass is 10.2. The number of aromatic nitrogens is 2. The molecule has 0 unspecified atom stereocenters. The van der Waals surface area contributed by atoms with E-state index in [9.17, 15) is 9.59 Å². The zero-order chi connectivity index (χ0) is 23.4. The van der Waals surface area contributed by atoms with Gasteiger partial charge in [0.05, 0.1) is 11.7 Å². The number of carbonyl (C=O) groups excluding carboxylic acids is 1. The first-order valence-electron chi connectivity index (χ1n) is 10.6. The Morgan fingerprint density at radius 2 is 1.79 bits per heavy atom. The number of anilines is 1. The zero-order valence-corrected chi connectivity index (χ0v) is 19.6. The van der Waals surface area contributed by atoms with Gasteiger partial charge in [0, 0.05) is 43.7 Å². The molecule has 1 aromatic carbocycles. The van der Waals surface area contributed by atoms with E-state index in [2.05, 4.69) is 8.75 Å². The second-order valence-corrected chi connectivity index (χ2v) is 9.03. The van der Waals surface area contributed by atoms with Gasteiger partial charge in [-0.05, 0) is 39.0 Å². The van der Waals surface area contributed by atoms with E-state index in [1.807, 2.05) is 37.8 Å². The molecule has 10 nitrogen and oxygen atoms in total. The van der Waals surface area contributed by atoms with Gasteiger partial charge in [-0.25, -0.2) is 9.59 Å². The van der Waals surface area contributed by atoms with Gasteiger partial charge >= 0.3 is 11.7 Å². The highest BCUT2D eigenvalue weighted by Crippen LogP contribution is 2.27. The molecule has 0 saturated carbocycles. The maximum atomic E-state index is 12.3. The summed E-state index contributed by atoms with van der Waals surface area (Å²) in [6.45, 7) is 8.41. The number of benzene rings is 1. The van der Waals surface area contributed by atoms with E-state index in [1.54, 1.807) is 17.0 Å². The van der Waals surface area contributed by atoms with Crippen LogP contribution in [0.1, 0.15) is 20.8 Å². The molecule has 0 bridgehead atoms. The van der Waals surface area contributed by atoms with E-state index in [-0.39, 0.29) is 19.3 Å². The number of ether oxygens (including phenoxy) is 3. The predicted molar refractivity (Wildman–Crippen MR) is 123 cm³/mol. The minimum Gasteiger partial charge on any atom is -0.490 e. The zero-order valence-electron chi connectivity index (χ0n) is 18.8. The highest BCUT2D eigenvalue weighted by atomic mass is 32.1. The Morgan fingerprint density at radius 1 is 1.06 bits per heavy atom. The summed E-state index contributed by atoms with van der Waals surface area (Å²) in [6, 6.07) is 8.40. The van der Waals surface area contributed by atoms with Crippen LogP contribution in [0.5, 0.6) is 11.6 Å². The summed E-state index contributed by atoms with van der Waals surface area (Å²) in [7, 11) is 0. The van der Waals surface area contributed by atoms with Crippen LogP contribution in [0.25, 0.3) is 11.0 Å². The van der Waals surface area contributed by atoms with E-state index in [0.29, 0.717) is 49.2 Å².